The summed E-state index contributed by atoms with van der Waals surface area (Å²) in [5.41, 5.74) is 1.88. The fraction of sp³-hybridized carbons (Fsp3) is 0.0588. The van der Waals surface area contributed by atoms with Crippen LogP contribution in [0, 0.1) is 0 Å². The number of aromatic nitrogens is 2. The van der Waals surface area contributed by atoms with E-state index in [1.165, 1.54) is 23.1 Å². The van der Waals surface area contributed by atoms with E-state index in [2.05, 4.69) is 15.0 Å². The highest BCUT2D eigenvalue weighted by Crippen LogP contribution is 2.34. The van der Waals surface area contributed by atoms with Crippen molar-refractivity contribution >= 4 is 56.3 Å². The van der Waals surface area contributed by atoms with Gasteiger partial charge in [0.15, 0.2) is 5.17 Å². The van der Waals surface area contributed by atoms with Crippen LogP contribution in [-0.4, -0.2) is 33.0 Å². The topological polar surface area (TPSA) is 58.5 Å². The minimum absolute atomic E-state index is 0.0591. The number of pyridine rings is 1. The average Bonchev–Trinajstić information content (AvgIpc) is 3.20. The van der Waals surface area contributed by atoms with Gasteiger partial charge in [-0.05, 0) is 35.5 Å². The van der Waals surface area contributed by atoms with E-state index in [4.69, 9.17) is 0 Å². The number of para-hydroxylation sites is 1. The Morgan fingerprint density at radius 1 is 1.17 bits per heavy atom. The summed E-state index contributed by atoms with van der Waals surface area (Å²) < 4.78 is 0. The monoisotopic (exact) mass is 352 g/mol. The van der Waals surface area contributed by atoms with Crippen LogP contribution in [0.4, 0.5) is 5.13 Å². The maximum Gasteiger partial charge on any atom is 0.266 e. The van der Waals surface area contributed by atoms with E-state index < -0.39 is 0 Å². The molecule has 7 heteroatoms. The van der Waals surface area contributed by atoms with Gasteiger partial charge in [-0.2, -0.15) is 4.99 Å². The fourth-order valence-electron chi connectivity index (χ4n) is 2.39. The van der Waals surface area contributed by atoms with Gasteiger partial charge in [0.25, 0.3) is 5.91 Å². The van der Waals surface area contributed by atoms with Crippen LogP contribution in [0.2, 0.25) is 0 Å². The third-order valence-electron chi connectivity index (χ3n) is 3.58. The van der Waals surface area contributed by atoms with Crippen molar-refractivity contribution in [2.24, 2.45) is 4.99 Å². The lowest BCUT2D eigenvalue weighted by Crippen LogP contribution is -2.23. The van der Waals surface area contributed by atoms with Crippen LogP contribution in [0.3, 0.4) is 0 Å². The molecule has 3 aromatic rings. The van der Waals surface area contributed by atoms with E-state index >= 15 is 0 Å². The molecule has 3 heterocycles. The lowest BCUT2D eigenvalue weighted by atomic mass is 10.1. The summed E-state index contributed by atoms with van der Waals surface area (Å²) in [6.45, 7) is 0. The summed E-state index contributed by atoms with van der Waals surface area (Å²) in [5.74, 6) is -0.0591. The smallest absolute Gasteiger partial charge is 0.266 e. The second-order valence-corrected chi connectivity index (χ2v) is 6.98. The maximum atomic E-state index is 12.5. The molecule has 0 bridgehead atoms. The van der Waals surface area contributed by atoms with Gasteiger partial charge in [-0.25, -0.2) is 4.98 Å². The molecule has 0 N–H and O–H groups in total. The van der Waals surface area contributed by atoms with Gasteiger partial charge in [-0.3, -0.25) is 14.7 Å². The molecule has 0 atom stereocenters. The predicted molar refractivity (Wildman–Crippen MR) is 99.3 cm³/mol. The fourth-order valence-corrected chi connectivity index (χ4v) is 3.91. The molecular weight excluding hydrogens is 340 g/mol. The van der Waals surface area contributed by atoms with E-state index in [9.17, 15) is 4.79 Å². The Morgan fingerprint density at radius 2 is 2.04 bits per heavy atom. The van der Waals surface area contributed by atoms with E-state index in [1.807, 2.05) is 41.8 Å². The van der Waals surface area contributed by atoms with Gasteiger partial charge in [0.05, 0.1) is 10.4 Å². The molecule has 2 aromatic heterocycles. The lowest BCUT2D eigenvalue weighted by Gasteiger charge is -2.05. The molecule has 1 aliphatic rings. The molecule has 5 nitrogen and oxygen atoms in total. The van der Waals surface area contributed by atoms with Gasteiger partial charge in [-0.1, -0.05) is 18.2 Å². The van der Waals surface area contributed by atoms with Gasteiger partial charge in [0, 0.05) is 30.2 Å². The first-order valence-electron chi connectivity index (χ1n) is 7.22. The van der Waals surface area contributed by atoms with Gasteiger partial charge in [0.2, 0.25) is 5.13 Å². The van der Waals surface area contributed by atoms with Gasteiger partial charge in [-0.15, -0.1) is 11.3 Å². The summed E-state index contributed by atoms with van der Waals surface area (Å²) in [6.07, 6.45) is 5.36. The number of benzene rings is 1. The average molecular weight is 352 g/mol. The summed E-state index contributed by atoms with van der Waals surface area (Å²) >= 11 is 2.80. The quantitative estimate of drug-likeness (QED) is 0.656. The molecule has 0 unspecified atom stereocenters. The molecule has 1 saturated heterocycles. The Bertz CT molecular complexity index is 974. The number of aliphatic imine (C=N–C) groups is 1. The van der Waals surface area contributed by atoms with Crippen molar-refractivity contribution in [3.63, 3.8) is 0 Å². The maximum absolute atomic E-state index is 12.5. The van der Waals surface area contributed by atoms with Crippen LogP contribution >= 0.6 is 23.1 Å². The van der Waals surface area contributed by atoms with Crippen LogP contribution < -0.4 is 0 Å². The van der Waals surface area contributed by atoms with Crippen LogP contribution in [0.5, 0.6) is 0 Å². The van der Waals surface area contributed by atoms with E-state index in [0.29, 0.717) is 15.2 Å². The highest BCUT2D eigenvalue weighted by Gasteiger charge is 2.30. The van der Waals surface area contributed by atoms with Gasteiger partial charge >= 0.3 is 0 Å². The number of nitrogens with zero attached hydrogens (tertiary/aromatic N) is 4. The first kappa shape index (κ1) is 15.0. The van der Waals surface area contributed by atoms with Crippen LogP contribution in [-0.2, 0) is 4.79 Å². The van der Waals surface area contributed by atoms with Crippen molar-refractivity contribution in [1.82, 2.24) is 14.9 Å². The molecule has 0 aliphatic carbocycles. The Morgan fingerprint density at radius 3 is 2.88 bits per heavy atom. The minimum Gasteiger partial charge on any atom is -0.289 e. The molecular formula is C17H12N4OS2. The molecule has 0 spiro atoms. The Labute approximate surface area is 146 Å². The van der Waals surface area contributed by atoms with Crippen molar-refractivity contribution in [2.45, 2.75) is 0 Å². The van der Waals surface area contributed by atoms with Gasteiger partial charge in [0.1, 0.15) is 0 Å². The highest BCUT2D eigenvalue weighted by molar-refractivity contribution is 8.18. The number of hydrogen-bond donors (Lipinski definition) is 0. The van der Waals surface area contributed by atoms with Crippen LogP contribution in [0.25, 0.3) is 17.0 Å². The molecule has 0 saturated carbocycles. The number of thiazole rings is 1. The molecule has 1 aromatic carbocycles. The third-order valence-corrected chi connectivity index (χ3v) is 5.31. The summed E-state index contributed by atoms with van der Waals surface area (Å²) in [7, 11) is 1.73. The Kier molecular flexibility index (Phi) is 3.87. The highest BCUT2D eigenvalue weighted by atomic mass is 32.2. The number of rotatable bonds is 2. The number of thioether (sulfide) groups is 1. The number of fused-ring (bicyclic) bond motifs is 1. The molecule has 1 aliphatic heterocycles. The van der Waals surface area contributed by atoms with Crippen molar-refractivity contribution in [3.05, 3.63) is 58.6 Å². The van der Waals surface area contributed by atoms with Crippen molar-refractivity contribution in [3.8, 4) is 0 Å². The first-order chi connectivity index (χ1) is 11.7. The van der Waals surface area contributed by atoms with Gasteiger partial charge < -0.3 is 0 Å². The Balaban J connectivity index is 1.74. The lowest BCUT2D eigenvalue weighted by molar-refractivity contribution is -0.121. The standard InChI is InChI=1S/C17H12N4OS2/c1-21-15(22)14(24-17(21)20-16-19-8-9-23-16)10-11-6-7-18-13-5-3-2-4-12(11)13/h2-10H,1H3/b14-10-,20-17?. The zero-order valence-corrected chi connectivity index (χ0v) is 14.3. The molecule has 1 fully saturated rings. The van der Waals surface area contributed by atoms with Crippen molar-refractivity contribution < 1.29 is 4.79 Å². The molecule has 1 amide bonds. The summed E-state index contributed by atoms with van der Waals surface area (Å²) in [6, 6.07) is 9.81. The van der Waals surface area contributed by atoms with E-state index in [-0.39, 0.29) is 5.91 Å². The van der Waals surface area contributed by atoms with E-state index in [1.54, 1.807) is 24.3 Å². The largest absolute Gasteiger partial charge is 0.289 e. The number of likely N-dealkylation sites (N-methyl/N-ethyl adjacent to an activating group) is 1. The SMILES string of the molecule is CN1C(=O)/C(=C/c2ccnc3ccccc23)SC1=Nc1nccs1. The second kappa shape index (κ2) is 6.18. The summed E-state index contributed by atoms with van der Waals surface area (Å²) in [5, 5.41) is 4.17. The number of hydrogen-bond acceptors (Lipinski definition) is 6. The first-order valence-corrected chi connectivity index (χ1v) is 8.91. The molecule has 118 valence electrons. The molecule has 0 radical (unpaired) electrons. The number of amides is 1. The van der Waals surface area contributed by atoms with Crippen LogP contribution in [0.1, 0.15) is 5.56 Å². The molecule has 4 rings (SSSR count). The third kappa shape index (κ3) is 2.72. The van der Waals surface area contributed by atoms with Crippen molar-refractivity contribution in [1.29, 1.82) is 0 Å². The van der Waals surface area contributed by atoms with E-state index in [0.717, 1.165) is 16.5 Å². The zero-order chi connectivity index (χ0) is 16.5. The number of carbonyl (C=O) groups excluding carboxylic acids is 1. The normalized spacial score (nSPS) is 18.2. The number of carbonyl (C=O) groups is 1. The number of amidine groups is 1. The zero-order valence-electron chi connectivity index (χ0n) is 12.7. The molecule has 24 heavy (non-hydrogen) atoms. The predicted octanol–water partition coefficient (Wildman–Crippen LogP) is 3.93. The minimum atomic E-state index is -0.0591. The van der Waals surface area contributed by atoms with Crippen molar-refractivity contribution in [2.75, 3.05) is 7.05 Å². The second-order valence-electron chi connectivity index (χ2n) is 5.10. The summed E-state index contributed by atoms with van der Waals surface area (Å²) in [4.78, 5) is 27.6. The van der Waals surface area contributed by atoms with Crippen LogP contribution in [0.15, 0.2) is 58.0 Å². The Hall–Kier alpha value is -2.51.